The minimum Gasteiger partial charge on any atom is -0.507 e. The van der Waals surface area contributed by atoms with Crippen molar-refractivity contribution in [3.8, 4) is 50.6 Å². The fourth-order valence-corrected chi connectivity index (χ4v) is 6.58. The van der Waals surface area contributed by atoms with Crippen LogP contribution < -0.4 is 0 Å². The summed E-state index contributed by atoms with van der Waals surface area (Å²) >= 11 is 0. The van der Waals surface area contributed by atoms with Crippen molar-refractivity contribution in [1.82, 2.24) is 0 Å². The first-order chi connectivity index (χ1) is 27.4. The van der Waals surface area contributed by atoms with Gasteiger partial charge in [-0.2, -0.15) is 0 Å². The summed E-state index contributed by atoms with van der Waals surface area (Å²) in [6.07, 6.45) is 0. The summed E-state index contributed by atoms with van der Waals surface area (Å²) in [4.78, 5) is 32.4. The van der Waals surface area contributed by atoms with Gasteiger partial charge in [0.2, 0.25) is 0 Å². The summed E-state index contributed by atoms with van der Waals surface area (Å²) in [5.74, 6) is -0.363. The Kier molecular flexibility index (Phi) is 10.9. The number of hydrogen-bond acceptors (Lipinski definition) is 12. The molecule has 0 saturated carbocycles. The predicted molar refractivity (Wildman–Crippen MR) is 206 cm³/mol. The standard InChI is InChI=1S/C42H33N3O12/c46-40-31-13-28(25-1-7-37(8-2-25)43(49)50)14-32(40)20-56-22-34-16-30(27-5-11-39(12-6-27)45(53)54)18-36(42(34)48)24-57-23-35-17-29(15-33(41(35)47)21-55-19-31)26-3-9-38(10-4-26)44(51)52/h1-18,46-48H,19-24H2. The van der Waals surface area contributed by atoms with E-state index in [4.69, 9.17) is 14.2 Å². The van der Waals surface area contributed by atoms with Crippen LogP contribution in [-0.4, -0.2) is 30.1 Å². The van der Waals surface area contributed by atoms with Crippen molar-refractivity contribution >= 4 is 17.1 Å². The molecule has 1 heterocycles. The van der Waals surface area contributed by atoms with Gasteiger partial charge in [-0.05, 0) is 106 Å². The Morgan fingerprint density at radius 3 is 0.719 bits per heavy atom. The molecule has 6 aromatic carbocycles. The summed E-state index contributed by atoms with van der Waals surface area (Å²) in [7, 11) is 0. The van der Waals surface area contributed by atoms with Crippen molar-refractivity contribution in [3.63, 3.8) is 0 Å². The molecule has 1 aliphatic rings. The fraction of sp³-hybridized carbons (Fsp3) is 0.143. The summed E-state index contributed by atoms with van der Waals surface area (Å²) in [6, 6.07) is 27.9. The van der Waals surface area contributed by atoms with Crippen LogP contribution in [0.3, 0.4) is 0 Å². The number of aromatic hydroxyl groups is 3. The molecule has 0 radical (unpaired) electrons. The SMILES string of the molecule is O=[N+]([O-])c1ccc(-c2cc3c(O)c(c2)COCc2cc(-c4ccc([N+](=O)[O-])cc4)cc(c2O)COCc2cc(-c4ccc([N+](=O)[O-])cc4)cc(c2O)COC3)cc1. The summed E-state index contributed by atoms with van der Waals surface area (Å²) in [5, 5.41) is 68.3. The first kappa shape index (κ1) is 38.1. The van der Waals surface area contributed by atoms with Gasteiger partial charge >= 0.3 is 0 Å². The topological polar surface area (TPSA) is 218 Å². The summed E-state index contributed by atoms with van der Waals surface area (Å²) in [6.45, 7) is -0.702. The van der Waals surface area contributed by atoms with Gasteiger partial charge in [-0.3, -0.25) is 30.3 Å². The molecule has 0 spiro atoms. The molecule has 0 amide bonds. The van der Waals surface area contributed by atoms with Gasteiger partial charge in [-0.1, -0.05) is 0 Å². The second kappa shape index (κ2) is 16.3. The number of non-ortho nitro benzene ring substituents is 3. The Balaban J connectivity index is 1.31. The summed E-state index contributed by atoms with van der Waals surface area (Å²) < 4.78 is 18.2. The average Bonchev–Trinajstić information content (AvgIpc) is 3.21. The number of rotatable bonds is 6. The number of phenols is 3. The van der Waals surface area contributed by atoms with E-state index in [1.165, 1.54) is 36.4 Å². The van der Waals surface area contributed by atoms with Gasteiger partial charge in [0.25, 0.3) is 17.1 Å². The van der Waals surface area contributed by atoms with Crippen LogP contribution in [0.15, 0.2) is 109 Å². The Hall–Kier alpha value is -7.20. The molecule has 0 aliphatic carbocycles. The van der Waals surface area contributed by atoms with E-state index in [0.29, 0.717) is 66.8 Å². The quantitative estimate of drug-likeness (QED) is 0.107. The third-order valence-corrected chi connectivity index (χ3v) is 9.58. The molecular formula is C42H33N3O12. The van der Waals surface area contributed by atoms with Crippen molar-refractivity contribution in [2.24, 2.45) is 0 Å². The normalized spacial score (nSPS) is 13.3. The lowest BCUT2D eigenvalue weighted by atomic mass is 9.98. The molecule has 0 unspecified atom stereocenters. The van der Waals surface area contributed by atoms with Crippen LogP contribution in [0.4, 0.5) is 17.1 Å². The molecule has 7 rings (SSSR count). The molecule has 288 valence electrons. The van der Waals surface area contributed by atoms with Crippen LogP contribution >= 0.6 is 0 Å². The number of benzene rings is 6. The second-order valence-electron chi connectivity index (χ2n) is 13.3. The molecule has 6 bridgehead atoms. The average molecular weight is 772 g/mol. The molecule has 0 aromatic heterocycles. The van der Waals surface area contributed by atoms with Gasteiger partial charge in [0.1, 0.15) is 17.2 Å². The number of nitro groups is 3. The fourth-order valence-electron chi connectivity index (χ4n) is 6.58. The maximum Gasteiger partial charge on any atom is 0.269 e. The van der Waals surface area contributed by atoms with Crippen molar-refractivity contribution in [2.45, 2.75) is 39.6 Å². The number of phenolic OH excluding ortho intramolecular Hbond substituents is 3. The maximum absolute atomic E-state index is 11.5. The zero-order valence-electron chi connectivity index (χ0n) is 30.0. The van der Waals surface area contributed by atoms with Crippen molar-refractivity contribution in [1.29, 1.82) is 0 Å². The second-order valence-corrected chi connectivity index (χ2v) is 13.3. The largest absolute Gasteiger partial charge is 0.507 e. The molecule has 15 nitrogen and oxygen atoms in total. The molecule has 3 N–H and O–H groups in total. The Morgan fingerprint density at radius 2 is 0.544 bits per heavy atom. The maximum atomic E-state index is 11.5. The van der Waals surface area contributed by atoms with E-state index in [2.05, 4.69) is 0 Å². The van der Waals surface area contributed by atoms with E-state index in [1.807, 2.05) is 0 Å². The Bertz CT molecular complexity index is 2150. The molecule has 15 heteroatoms. The van der Waals surface area contributed by atoms with Crippen LogP contribution in [-0.2, 0) is 53.9 Å². The van der Waals surface area contributed by atoms with Gasteiger partial charge in [-0.25, -0.2) is 0 Å². The zero-order chi connectivity index (χ0) is 40.2. The van der Waals surface area contributed by atoms with Crippen molar-refractivity contribution in [2.75, 3.05) is 0 Å². The lowest BCUT2D eigenvalue weighted by molar-refractivity contribution is -0.385. The Morgan fingerprint density at radius 1 is 0.351 bits per heavy atom. The van der Waals surface area contributed by atoms with Crippen molar-refractivity contribution in [3.05, 3.63) is 173 Å². The lowest BCUT2D eigenvalue weighted by Gasteiger charge is -2.18. The third kappa shape index (κ3) is 8.40. The van der Waals surface area contributed by atoms with Crippen LogP contribution in [0.5, 0.6) is 17.2 Å². The first-order valence-corrected chi connectivity index (χ1v) is 17.5. The third-order valence-electron chi connectivity index (χ3n) is 9.58. The highest BCUT2D eigenvalue weighted by Gasteiger charge is 2.19. The van der Waals surface area contributed by atoms with E-state index in [1.54, 1.807) is 72.8 Å². The lowest BCUT2D eigenvalue weighted by Crippen LogP contribution is -2.04. The monoisotopic (exact) mass is 771 g/mol. The molecule has 6 aromatic rings. The minimum absolute atomic E-state index is 0.0894. The number of ether oxygens (including phenoxy) is 3. The van der Waals surface area contributed by atoms with E-state index in [-0.39, 0.29) is 74.0 Å². The Labute approximate surface area is 324 Å². The number of nitro benzene ring substituents is 3. The molecular weight excluding hydrogens is 738 g/mol. The van der Waals surface area contributed by atoms with Gasteiger partial charge in [0.05, 0.1) is 54.4 Å². The number of nitrogens with zero attached hydrogens (tertiary/aromatic N) is 3. The molecule has 0 fully saturated rings. The zero-order valence-corrected chi connectivity index (χ0v) is 30.0. The van der Waals surface area contributed by atoms with Crippen LogP contribution in [0.2, 0.25) is 0 Å². The van der Waals surface area contributed by atoms with Gasteiger partial charge in [0, 0.05) is 69.8 Å². The predicted octanol–water partition coefficient (Wildman–Crippen LogP) is 8.99. The number of fused-ring (bicyclic) bond motifs is 6. The van der Waals surface area contributed by atoms with E-state index >= 15 is 0 Å². The van der Waals surface area contributed by atoms with E-state index < -0.39 is 14.8 Å². The molecule has 1 aliphatic heterocycles. The van der Waals surface area contributed by atoms with E-state index in [0.717, 1.165) is 0 Å². The van der Waals surface area contributed by atoms with Gasteiger partial charge in [0.15, 0.2) is 0 Å². The van der Waals surface area contributed by atoms with E-state index in [9.17, 15) is 45.7 Å². The van der Waals surface area contributed by atoms with Crippen LogP contribution in [0.25, 0.3) is 33.4 Å². The highest BCUT2D eigenvalue weighted by Crippen LogP contribution is 2.37. The first-order valence-electron chi connectivity index (χ1n) is 17.5. The van der Waals surface area contributed by atoms with Gasteiger partial charge in [-0.15, -0.1) is 0 Å². The number of hydrogen-bond donors (Lipinski definition) is 3. The van der Waals surface area contributed by atoms with Crippen LogP contribution in [0.1, 0.15) is 33.4 Å². The van der Waals surface area contributed by atoms with Crippen molar-refractivity contribution < 1.29 is 44.3 Å². The van der Waals surface area contributed by atoms with Crippen LogP contribution in [0, 0.1) is 30.3 Å². The summed E-state index contributed by atoms with van der Waals surface area (Å²) in [5.41, 5.74) is 5.65. The smallest absolute Gasteiger partial charge is 0.269 e. The molecule has 0 saturated heterocycles. The molecule has 0 atom stereocenters. The molecule has 57 heavy (non-hydrogen) atoms. The van der Waals surface area contributed by atoms with Gasteiger partial charge < -0.3 is 29.5 Å². The highest BCUT2D eigenvalue weighted by molar-refractivity contribution is 5.71. The highest BCUT2D eigenvalue weighted by atomic mass is 16.6. The minimum atomic E-state index is -0.501.